The van der Waals surface area contributed by atoms with Gasteiger partial charge in [0.05, 0.1) is 19.1 Å². The molecule has 0 spiro atoms. The summed E-state index contributed by atoms with van der Waals surface area (Å²) in [5.74, 6) is 1.37. The molecular formula is C24H26N2O4S2. The molecule has 1 fully saturated rings. The van der Waals surface area contributed by atoms with Crippen molar-refractivity contribution in [1.29, 1.82) is 0 Å². The molecule has 0 saturated carbocycles. The van der Waals surface area contributed by atoms with Crippen molar-refractivity contribution in [2.24, 2.45) is 0 Å². The van der Waals surface area contributed by atoms with E-state index in [9.17, 15) is 9.59 Å². The normalized spacial score (nSPS) is 14.7. The molecule has 0 unspecified atom stereocenters. The summed E-state index contributed by atoms with van der Waals surface area (Å²) in [5, 5.41) is 2.88. The molecule has 6 nitrogen and oxygen atoms in total. The van der Waals surface area contributed by atoms with Crippen molar-refractivity contribution in [1.82, 2.24) is 4.90 Å². The molecule has 3 rings (SSSR count). The summed E-state index contributed by atoms with van der Waals surface area (Å²) < 4.78 is 10.9. The van der Waals surface area contributed by atoms with Gasteiger partial charge in [-0.25, -0.2) is 0 Å². The molecular weight excluding hydrogens is 444 g/mol. The summed E-state index contributed by atoms with van der Waals surface area (Å²) >= 11 is 6.72. The minimum atomic E-state index is -0.0633. The van der Waals surface area contributed by atoms with Crippen LogP contribution in [0.5, 0.6) is 11.5 Å². The van der Waals surface area contributed by atoms with Gasteiger partial charge in [-0.3, -0.25) is 14.5 Å². The van der Waals surface area contributed by atoms with E-state index in [1.165, 1.54) is 11.8 Å². The van der Waals surface area contributed by atoms with Gasteiger partial charge in [0, 0.05) is 24.7 Å². The quantitative estimate of drug-likeness (QED) is 0.296. The second kappa shape index (κ2) is 11.7. The third-order valence-electron chi connectivity index (χ3n) is 4.93. The molecule has 2 aromatic rings. The standard InChI is InChI=1S/C24H26N2O4S2/c1-29-19-12-10-17(11-13-19)15-21-23(28)26(24(31)32-21)14-5-3-4-9-22(27)25-18-7-6-8-20(16-18)30-2/h6-8,10-13,15-16H,3-5,9,14H2,1-2H3,(H,25,27). The van der Waals surface area contributed by atoms with E-state index in [0.29, 0.717) is 27.9 Å². The lowest BCUT2D eigenvalue weighted by Crippen LogP contribution is -2.29. The van der Waals surface area contributed by atoms with Gasteiger partial charge in [-0.05, 0) is 48.7 Å². The van der Waals surface area contributed by atoms with Gasteiger partial charge in [0.2, 0.25) is 5.91 Å². The number of carbonyl (C=O) groups excluding carboxylic acids is 2. The maximum absolute atomic E-state index is 12.7. The Labute approximate surface area is 198 Å². The summed E-state index contributed by atoms with van der Waals surface area (Å²) in [6.45, 7) is 0.558. The minimum Gasteiger partial charge on any atom is -0.497 e. The smallest absolute Gasteiger partial charge is 0.266 e. The van der Waals surface area contributed by atoms with Crippen molar-refractivity contribution < 1.29 is 19.1 Å². The molecule has 1 aliphatic heterocycles. The topological polar surface area (TPSA) is 67.9 Å². The molecule has 2 aromatic carbocycles. The van der Waals surface area contributed by atoms with Gasteiger partial charge in [-0.1, -0.05) is 48.6 Å². The first-order valence-electron chi connectivity index (χ1n) is 10.3. The zero-order chi connectivity index (χ0) is 22.9. The number of thiocarbonyl (C=S) groups is 1. The summed E-state index contributed by atoms with van der Waals surface area (Å²) in [5.41, 5.74) is 1.64. The Morgan fingerprint density at radius 3 is 2.53 bits per heavy atom. The Morgan fingerprint density at radius 1 is 1.06 bits per heavy atom. The molecule has 1 saturated heterocycles. The van der Waals surface area contributed by atoms with E-state index in [4.69, 9.17) is 21.7 Å². The molecule has 0 atom stereocenters. The van der Waals surface area contributed by atoms with E-state index >= 15 is 0 Å². The largest absolute Gasteiger partial charge is 0.497 e. The van der Waals surface area contributed by atoms with E-state index in [-0.39, 0.29) is 11.8 Å². The van der Waals surface area contributed by atoms with Gasteiger partial charge in [0.1, 0.15) is 15.8 Å². The number of amides is 2. The monoisotopic (exact) mass is 470 g/mol. The lowest BCUT2D eigenvalue weighted by atomic mass is 10.1. The fourth-order valence-corrected chi connectivity index (χ4v) is 4.51. The highest BCUT2D eigenvalue weighted by molar-refractivity contribution is 8.26. The highest BCUT2D eigenvalue weighted by Crippen LogP contribution is 2.33. The average Bonchev–Trinajstić information content (AvgIpc) is 3.06. The number of carbonyl (C=O) groups is 2. The molecule has 0 aliphatic carbocycles. The third-order valence-corrected chi connectivity index (χ3v) is 6.30. The third kappa shape index (κ3) is 6.58. The lowest BCUT2D eigenvalue weighted by molar-refractivity contribution is -0.122. The second-order valence-corrected chi connectivity index (χ2v) is 8.87. The van der Waals surface area contributed by atoms with Crippen molar-refractivity contribution >= 4 is 51.9 Å². The second-order valence-electron chi connectivity index (χ2n) is 7.20. The van der Waals surface area contributed by atoms with Crippen LogP contribution in [0.25, 0.3) is 6.08 Å². The van der Waals surface area contributed by atoms with Crippen molar-refractivity contribution in [2.75, 3.05) is 26.1 Å². The predicted molar refractivity (Wildman–Crippen MR) is 133 cm³/mol. The molecule has 168 valence electrons. The van der Waals surface area contributed by atoms with Crippen LogP contribution in [-0.2, 0) is 9.59 Å². The molecule has 0 aromatic heterocycles. The number of hydrogen-bond acceptors (Lipinski definition) is 6. The van der Waals surface area contributed by atoms with Crippen LogP contribution >= 0.6 is 24.0 Å². The fraction of sp³-hybridized carbons (Fsp3) is 0.292. The van der Waals surface area contributed by atoms with E-state index in [2.05, 4.69) is 5.32 Å². The summed E-state index contributed by atoms with van der Waals surface area (Å²) in [4.78, 5) is 27.1. The maximum atomic E-state index is 12.7. The molecule has 1 heterocycles. The van der Waals surface area contributed by atoms with E-state index in [1.807, 2.05) is 48.5 Å². The highest BCUT2D eigenvalue weighted by atomic mass is 32.2. The van der Waals surface area contributed by atoms with Gasteiger partial charge in [-0.15, -0.1) is 0 Å². The minimum absolute atomic E-state index is 0.0358. The van der Waals surface area contributed by atoms with Crippen LogP contribution in [0.4, 0.5) is 5.69 Å². The van der Waals surface area contributed by atoms with Crippen LogP contribution in [0.1, 0.15) is 31.2 Å². The van der Waals surface area contributed by atoms with Crippen LogP contribution < -0.4 is 14.8 Å². The summed E-state index contributed by atoms with van der Waals surface area (Å²) in [6, 6.07) is 14.8. The molecule has 0 bridgehead atoms. The number of thioether (sulfide) groups is 1. The molecule has 0 radical (unpaired) electrons. The number of ether oxygens (including phenoxy) is 2. The van der Waals surface area contributed by atoms with Gasteiger partial charge in [0.25, 0.3) is 5.91 Å². The van der Waals surface area contributed by atoms with Crippen LogP contribution in [-0.4, -0.2) is 41.8 Å². The van der Waals surface area contributed by atoms with Crippen LogP contribution in [0, 0.1) is 0 Å². The number of nitrogens with zero attached hydrogens (tertiary/aromatic N) is 1. The molecule has 2 amide bonds. The zero-order valence-electron chi connectivity index (χ0n) is 18.1. The first kappa shape index (κ1) is 23.8. The van der Waals surface area contributed by atoms with Gasteiger partial charge < -0.3 is 14.8 Å². The van der Waals surface area contributed by atoms with E-state index in [1.54, 1.807) is 25.2 Å². The van der Waals surface area contributed by atoms with Crippen molar-refractivity contribution in [3.05, 3.63) is 59.0 Å². The van der Waals surface area contributed by atoms with Crippen molar-refractivity contribution in [3.8, 4) is 11.5 Å². The van der Waals surface area contributed by atoms with Crippen LogP contribution in [0.15, 0.2) is 53.4 Å². The number of hydrogen-bond donors (Lipinski definition) is 1. The SMILES string of the molecule is COc1ccc(C=C2SC(=S)N(CCCCCC(=O)Nc3cccc(OC)c3)C2=O)cc1. The number of methoxy groups -OCH3 is 2. The Balaban J connectivity index is 1.41. The Morgan fingerprint density at radius 2 is 1.81 bits per heavy atom. The summed E-state index contributed by atoms with van der Waals surface area (Å²) in [6.07, 6.45) is 4.63. The Bertz CT molecular complexity index is 1010. The average molecular weight is 471 g/mol. The highest BCUT2D eigenvalue weighted by Gasteiger charge is 2.31. The molecule has 1 aliphatic rings. The first-order chi connectivity index (χ1) is 15.5. The maximum Gasteiger partial charge on any atom is 0.266 e. The van der Waals surface area contributed by atoms with Crippen molar-refractivity contribution in [2.45, 2.75) is 25.7 Å². The summed E-state index contributed by atoms with van der Waals surface area (Å²) in [7, 11) is 3.21. The Kier molecular flexibility index (Phi) is 8.70. The fourth-order valence-electron chi connectivity index (χ4n) is 3.20. The number of rotatable bonds is 10. The Hall–Kier alpha value is -2.84. The van der Waals surface area contributed by atoms with E-state index < -0.39 is 0 Å². The first-order valence-corrected chi connectivity index (χ1v) is 11.6. The van der Waals surface area contributed by atoms with Gasteiger partial charge >= 0.3 is 0 Å². The number of benzene rings is 2. The van der Waals surface area contributed by atoms with E-state index in [0.717, 1.165) is 36.3 Å². The number of unbranched alkanes of at least 4 members (excludes halogenated alkanes) is 2. The molecule has 8 heteroatoms. The van der Waals surface area contributed by atoms with Crippen LogP contribution in [0.2, 0.25) is 0 Å². The lowest BCUT2D eigenvalue weighted by Gasteiger charge is -2.14. The molecule has 1 N–H and O–H groups in total. The molecule has 32 heavy (non-hydrogen) atoms. The van der Waals surface area contributed by atoms with Gasteiger partial charge in [0.15, 0.2) is 0 Å². The number of anilines is 1. The zero-order valence-corrected chi connectivity index (χ0v) is 19.8. The van der Waals surface area contributed by atoms with Crippen molar-refractivity contribution in [3.63, 3.8) is 0 Å². The predicted octanol–water partition coefficient (Wildman–Crippen LogP) is 5.10. The van der Waals surface area contributed by atoms with Gasteiger partial charge in [-0.2, -0.15) is 0 Å². The number of nitrogens with one attached hydrogen (secondary N) is 1. The van der Waals surface area contributed by atoms with Crippen LogP contribution in [0.3, 0.4) is 0 Å².